The Morgan fingerprint density at radius 2 is 1.00 bits per heavy atom. The van der Waals surface area contributed by atoms with Crippen LogP contribution in [0.5, 0.6) is 0 Å². The van der Waals surface area contributed by atoms with Crippen molar-refractivity contribution < 1.29 is 23.7 Å². The summed E-state index contributed by atoms with van der Waals surface area (Å²) in [6, 6.07) is 0. The average Bonchev–Trinajstić information content (AvgIpc) is 2.43. The van der Waals surface area contributed by atoms with E-state index in [1.165, 1.54) is 0 Å². The predicted molar refractivity (Wildman–Crippen MR) is 83.2 cm³/mol. The Hall–Kier alpha value is -0.200. The van der Waals surface area contributed by atoms with Crippen LogP contribution in [0.15, 0.2) is 0 Å². The first-order valence-electron chi connectivity index (χ1n) is 7.58. The van der Waals surface area contributed by atoms with Crippen molar-refractivity contribution in [3.8, 4) is 0 Å². The molecule has 0 aliphatic rings. The van der Waals surface area contributed by atoms with Crippen LogP contribution in [0.2, 0.25) is 0 Å². The summed E-state index contributed by atoms with van der Waals surface area (Å²) in [6.45, 7) is 14.4. The topological polar surface area (TPSA) is 46.2 Å². The highest BCUT2D eigenvalue weighted by atomic mass is 16.7. The van der Waals surface area contributed by atoms with E-state index in [0.29, 0.717) is 38.3 Å². The minimum atomic E-state index is -0.541. The quantitative estimate of drug-likeness (QED) is 0.519. The summed E-state index contributed by atoms with van der Waals surface area (Å²) in [5, 5.41) is 0. The van der Waals surface area contributed by atoms with Gasteiger partial charge in [-0.25, -0.2) is 0 Å². The lowest BCUT2D eigenvalue weighted by Gasteiger charge is -2.26. The zero-order chi connectivity index (χ0) is 16.5. The standard InChI is InChI=1S/C16H34O5/c1-13(11-20-15(3,4)17-7)9-19-10-14(2)12-21-16(5,6)18-8/h13-14H,9-12H2,1-8H3/t13-,14-/m1/s1. The fourth-order valence-corrected chi connectivity index (χ4v) is 1.37. The van der Waals surface area contributed by atoms with Gasteiger partial charge in [-0.15, -0.1) is 0 Å². The molecule has 2 atom stereocenters. The second-order valence-corrected chi connectivity index (χ2v) is 6.58. The Morgan fingerprint density at radius 1 is 0.667 bits per heavy atom. The van der Waals surface area contributed by atoms with E-state index in [2.05, 4.69) is 13.8 Å². The summed E-state index contributed by atoms with van der Waals surface area (Å²) in [5.74, 6) is -0.437. The van der Waals surface area contributed by atoms with Crippen LogP contribution in [0, 0.1) is 11.8 Å². The van der Waals surface area contributed by atoms with Crippen LogP contribution in [0.3, 0.4) is 0 Å². The molecular weight excluding hydrogens is 272 g/mol. The van der Waals surface area contributed by atoms with E-state index in [1.54, 1.807) is 14.2 Å². The smallest absolute Gasteiger partial charge is 0.162 e. The van der Waals surface area contributed by atoms with E-state index >= 15 is 0 Å². The maximum Gasteiger partial charge on any atom is 0.162 e. The van der Waals surface area contributed by atoms with Gasteiger partial charge in [0.1, 0.15) is 0 Å². The number of rotatable bonds is 12. The highest BCUT2D eigenvalue weighted by Gasteiger charge is 2.19. The minimum absolute atomic E-state index is 0.322. The first-order chi connectivity index (χ1) is 9.62. The molecule has 5 heteroatoms. The molecule has 0 amide bonds. The normalized spacial score (nSPS) is 16.0. The molecule has 0 aromatic rings. The van der Waals surface area contributed by atoms with Gasteiger partial charge in [0.05, 0.1) is 26.4 Å². The molecule has 0 bridgehead atoms. The van der Waals surface area contributed by atoms with Gasteiger partial charge in [0, 0.05) is 26.1 Å². The lowest BCUT2D eigenvalue weighted by molar-refractivity contribution is -0.208. The first-order valence-corrected chi connectivity index (χ1v) is 7.58. The van der Waals surface area contributed by atoms with E-state index in [4.69, 9.17) is 23.7 Å². The SMILES string of the molecule is COC(C)(C)OC[C@H](C)COC[C@@H](C)COC(C)(C)OC. The van der Waals surface area contributed by atoms with Crippen LogP contribution in [0.1, 0.15) is 41.5 Å². The highest BCUT2D eigenvalue weighted by Crippen LogP contribution is 2.13. The maximum atomic E-state index is 5.71. The Bertz CT molecular complexity index is 239. The van der Waals surface area contributed by atoms with E-state index < -0.39 is 11.6 Å². The summed E-state index contributed by atoms with van der Waals surface area (Å²) in [6.07, 6.45) is 0. The van der Waals surface area contributed by atoms with Crippen molar-refractivity contribution in [1.29, 1.82) is 0 Å². The molecule has 0 spiro atoms. The van der Waals surface area contributed by atoms with Gasteiger partial charge >= 0.3 is 0 Å². The Balaban J connectivity index is 3.73. The summed E-state index contributed by atoms with van der Waals surface area (Å²) >= 11 is 0. The zero-order valence-corrected chi connectivity index (χ0v) is 15.0. The number of hydrogen-bond donors (Lipinski definition) is 0. The van der Waals surface area contributed by atoms with Gasteiger partial charge in [0.2, 0.25) is 0 Å². The fourth-order valence-electron chi connectivity index (χ4n) is 1.37. The molecule has 0 saturated carbocycles. The molecule has 5 nitrogen and oxygen atoms in total. The second-order valence-electron chi connectivity index (χ2n) is 6.58. The van der Waals surface area contributed by atoms with E-state index in [0.717, 1.165) is 0 Å². The monoisotopic (exact) mass is 306 g/mol. The van der Waals surface area contributed by atoms with E-state index in [-0.39, 0.29) is 0 Å². The molecule has 0 saturated heterocycles. The van der Waals surface area contributed by atoms with Gasteiger partial charge in [0.25, 0.3) is 0 Å². The van der Waals surface area contributed by atoms with Crippen molar-refractivity contribution in [3.05, 3.63) is 0 Å². The molecule has 0 aromatic carbocycles. The maximum absolute atomic E-state index is 5.71. The van der Waals surface area contributed by atoms with Gasteiger partial charge in [0.15, 0.2) is 11.6 Å². The molecule has 21 heavy (non-hydrogen) atoms. The average molecular weight is 306 g/mol. The van der Waals surface area contributed by atoms with Crippen molar-refractivity contribution in [1.82, 2.24) is 0 Å². The second kappa shape index (κ2) is 9.74. The van der Waals surface area contributed by atoms with E-state index in [9.17, 15) is 0 Å². The van der Waals surface area contributed by atoms with Gasteiger partial charge in [-0.2, -0.15) is 0 Å². The molecule has 0 aliphatic carbocycles. The Labute approximate surface area is 130 Å². The Morgan fingerprint density at radius 3 is 1.29 bits per heavy atom. The molecule has 0 fully saturated rings. The summed E-state index contributed by atoms with van der Waals surface area (Å²) in [7, 11) is 3.29. The van der Waals surface area contributed by atoms with Crippen LogP contribution >= 0.6 is 0 Å². The molecule has 0 heterocycles. The van der Waals surface area contributed by atoms with Gasteiger partial charge < -0.3 is 23.7 Å². The minimum Gasteiger partial charge on any atom is -0.381 e. The van der Waals surface area contributed by atoms with Crippen LogP contribution in [0.25, 0.3) is 0 Å². The lowest BCUT2D eigenvalue weighted by Crippen LogP contribution is -2.31. The fraction of sp³-hybridized carbons (Fsp3) is 1.00. The number of ether oxygens (including phenoxy) is 5. The third kappa shape index (κ3) is 11.1. The van der Waals surface area contributed by atoms with Crippen molar-refractivity contribution in [3.63, 3.8) is 0 Å². The molecule has 0 N–H and O–H groups in total. The third-order valence-electron chi connectivity index (χ3n) is 3.22. The van der Waals surface area contributed by atoms with Crippen molar-refractivity contribution in [2.24, 2.45) is 11.8 Å². The van der Waals surface area contributed by atoms with E-state index in [1.807, 2.05) is 27.7 Å². The van der Waals surface area contributed by atoms with Gasteiger partial charge in [-0.05, 0) is 27.7 Å². The molecule has 0 aliphatic heterocycles. The summed E-state index contributed by atoms with van der Waals surface area (Å²) in [5.41, 5.74) is 0. The van der Waals surface area contributed by atoms with Crippen molar-refractivity contribution in [2.45, 2.75) is 53.1 Å². The number of methoxy groups -OCH3 is 2. The lowest BCUT2D eigenvalue weighted by atomic mass is 10.2. The molecule has 0 rings (SSSR count). The summed E-state index contributed by atoms with van der Waals surface area (Å²) in [4.78, 5) is 0. The third-order valence-corrected chi connectivity index (χ3v) is 3.22. The predicted octanol–water partition coefficient (Wildman–Crippen LogP) is 3.07. The molecule has 128 valence electrons. The van der Waals surface area contributed by atoms with Crippen molar-refractivity contribution in [2.75, 3.05) is 40.6 Å². The first kappa shape index (κ1) is 20.8. The highest BCUT2D eigenvalue weighted by molar-refractivity contribution is 4.58. The zero-order valence-electron chi connectivity index (χ0n) is 15.0. The van der Waals surface area contributed by atoms with Gasteiger partial charge in [-0.1, -0.05) is 13.8 Å². The van der Waals surface area contributed by atoms with Crippen LogP contribution in [-0.2, 0) is 23.7 Å². The van der Waals surface area contributed by atoms with Crippen LogP contribution in [0.4, 0.5) is 0 Å². The number of hydrogen-bond acceptors (Lipinski definition) is 5. The molecular formula is C16H34O5. The van der Waals surface area contributed by atoms with Crippen molar-refractivity contribution >= 4 is 0 Å². The largest absolute Gasteiger partial charge is 0.381 e. The molecule has 0 unspecified atom stereocenters. The summed E-state index contributed by atoms with van der Waals surface area (Å²) < 4.78 is 27.5. The molecule has 0 radical (unpaired) electrons. The van der Waals surface area contributed by atoms with Crippen LogP contribution < -0.4 is 0 Å². The van der Waals surface area contributed by atoms with Gasteiger partial charge in [-0.3, -0.25) is 0 Å². The Kier molecular flexibility index (Phi) is 9.65. The molecule has 0 aromatic heterocycles. The van der Waals surface area contributed by atoms with Crippen LogP contribution in [-0.4, -0.2) is 52.2 Å².